The van der Waals surface area contributed by atoms with Gasteiger partial charge in [-0.2, -0.15) is 0 Å². The molecule has 4 heteroatoms. The second-order valence-corrected chi connectivity index (χ2v) is 3.16. The predicted octanol–water partition coefficient (Wildman–Crippen LogP) is 1.23. The highest BCUT2D eigenvalue weighted by atomic mass is 16.4. The third-order valence-electron chi connectivity index (χ3n) is 1.65. The zero-order chi connectivity index (χ0) is 9.84. The summed E-state index contributed by atoms with van der Waals surface area (Å²) in [6.07, 6.45) is 3.08. The number of carbonyl (C=O) groups is 1. The Hall–Kier alpha value is -1.45. The summed E-state index contributed by atoms with van der Waals surface area (Å²) >= 11 is 0. The maximum Gasteiger partial charge on any atom is 0.309 e. The molecule has 1 heterocycles. The Morgan fingerprint density at radius 1 is 1.46 bits per heavy atom. The molecule has 0 saturated heterocycles. The van der Waals surface area contributed by atoms with Crippen LogP contribution in [0, 0.1) is 0 Å². The van der Waals surface area contributed by atoms with Gasteiger partial charge in [-0.3, -0.25) is 14.8 Å². The summed E-state index contributed by atoms with van der Waals surface area (Å²) in [7, 11) is 0. The Labute approximate surface area is 76.7 Å². The lowest BCUT2D eigenvalue weighted by Gasteiger charge is -2.03. The molecule has 0 amide bonds. The summed E-state index contributed by atoms with van der Waals surface area (Å²) < 4.78 is 0. The van der Waals surface area contributed by atoms with E-state index in [2.05, 4.69) is 9.97 Å². The lowest BCUT2D eigenvalue weighted by atomic mass is 10.1. The first-order chi connectivity index (χ1) is 6.09. The van der Waals surface area contributed by atoms with Gasteiger partial charge < -0.3 is 5.11 Å². The summed E-state index contributed by atoms with van der Waals surface area (Å²) in [5.74, 6) is -0.557. The molecule has 1 aromatic heterocycles. The van der Waals surface area contributed by atoms with Gasteiger partial charge in [-0.05, 0) is 5.92 Å². The van der Waals surface area contributed by atoms with Gasteiger partial charge in [0.15, 0.2) is 0 Å². The van der Waals surface area contributed by atoms with Gasteiger partial charge in [-0.15, -0.1) is 0 Å². The van der Waals surface area contributed by atoms with Crippen molar-refractivity contribution < 1.29 is 9.90 Å². The quantitative estimate of drug-likeness (QED) is 0.759. The minimum atomic E-state index is -0.883. The molecular formula is C9H12N2O2. The average Bonchev–Trinajstić information content (AvgIpc) is 2.04. The first-order valence-electron chi connectivity index (χ1n) is 4.12. The van der Waals surface area contributed by atoms with Crippen LogP contribution in [0.15, 0.2) is 12.4 Å². The minimum Gasteiger partial charge on any atom is -0.481 e. The van der Waals surface area contributed by atoms with Gasteiger partial charge in [-0.25, -0.2) is 0 Å². The van der Waals surface area contributed by atoms with Gasteiger partial charge in [0.2, 0.25) is 0 Å². The van der Waals surface area contributed by atoms with Crippen LogP contribution in [0.4, 0.5) is 0 Å². The molecule has 0 bridgehead atoms. The smallest absolute Gasteiger partial charge is 0.309 e. The van der Waals surface area contributed by atoms with Crippen LogP contribution in [-0.2, 0) is 11.2 Å². The van der Waals surface area contributed by atoms with E-state index in [1.54, 1.807) is 6.20 Å². The summed E-state index contributed by atoms with van der Waals surface area (Å²) in [6, 6.07) is 0. The number of hydrogen-bond donors (Lipinski definition) is 1. The van der Waals surface area contributed by atoms with E-state index in [4.69, 9.17) is 5.11 Å². The molecule has 0 atom stereocenters. The van der Waals surface area contributed by atoms with E-state index in [9.17, 15) is 4.79 Å². The predicted molar refractivity (Wildman–Crippen MR) is 47.5 cm³/mol. The Kier molecular flexibility index (Phi) is 2.95. The fourth-order valence-corrected chi connectivity index (χ4v) is 0.909. The second-order valence-electron chi connectivity index (χ2n) is 3.16. The van der Waals surface area contributed by atoms with Crippen molar-refractivity contribution in [3.8, 4) is 0 Å². The Morgan fingerprint density at radius 3 is 2.54 bits per heavy atom. The summed E-state index contributed by atoms with van der Waals surface area (Å²) in [6.45, 7) is 4.03. The number of hydrogen-bond acceptors (Lipinski definition) is 3. The van der Waals surface area contributed by atoms with Crippen LogP contribution >= 0.6 is 0 Å². The molecule has 0 unspecified atom stereocenters. The molecule has 0 aliphatic heterocycles. The molecule has 0 spiro atoms. The monoisotopic (exact) mass is 180 g/mol. The van der Waals surface area contributed by atoms with Crippen LogP contribution in [-0.4, -0.2) is 21.0 Å². The van der Waals surface area contributed by atoms with E-state index in [1.165, 1.54) is 6.20 Å². The Morgan fingerprint density at radius 2 is 2.15 bits per heavy atom. The molecule has 0 aliphatic rings. The number of nitrogens with zero attached hydrogens (tertiary/aromatic N) is 2. The number of rotatable bonds is 3. The molecule has 4 nitrogen and oxygen atoms in total. The van der Waals surface area contributed by atoms with Gasteiger partial charge in [0, 0.05) is 12.4 Å². The van der Waals surface area contributed by atoms with E-state index in [-0.39, 0.29) is 6.42 Å². The molecule has 13 heavy (non-hydrogen) atoms. The fraction of sp³-hybridized carbons (Fsp3) is 0.444. The van der Waals surface area contributed by atoms with E-state index >= 15 is 0 Å². The van der Waals surface area contributed by atoms with Gasteiger partial charge in [0.05, 0.1) is 17.8 Å². The summed E-state index contributed by atoms with van der Waals surface area (Å²) in [5.41, 5.74) is 1.38. The summed E-state index contributed by atoms with van der Waals surface area (Å²) in [4.78, 5) is 18.4. The maximum atomic E-state index is 10.3. The van der Waals surface area contributed by atoms with E-state index in [1.807, 2.05) is 13.8 Å². The van der Waals surface area contributed by atoms with Crippen LogP contribution in [0.5, 0.6) is 0 Å². The van der Waals surface area contributed by atoms with Crippen molar-refractivity contribution in [1.82, 2.24) is 9.97 Å². The highest BCUT2D eigenvalue weighted by Gasteiger charge is 2.04. The van der Waals surface area contributed by atoms with Crippen molar-refractivity contribution in [1.29, 1.82) is 0 Å². The van der Waals surface area contributed by atoms with E-state index in [0.29, 0.717) is 11.6 Å². The lowest BCUT2D eigenvalue weighted by Crippen LogP contribution is -2.04. The molecule has 0 saturated carbocycles. The van der Waals surface area contributed by atoms with Crippen LogP contribution in [0.1, 0.15) is 31.2 Å². The molecule has 0 aromatic carbocycles. The van der Waals surface area contributed by atoms with Crippen molar-refractivity contribution in [2.24, 2.45) is 0 Å². The Balaban J connectivity index is 2.75. The van der Waals surface area contributed by atoms with Gasteiger partial charge >= 0.3 is 5.97 Å². The van der Waals surface area contributed by atoms with Crippen molar-refractivity contribution >= 4 is 5.97 Å². The van der Waals surface area contributed by atoms with E-state index in [0.717, 1.165) is 5.69 Å². The normalized spacial score (nSPS) is 10.4. The lowest BCUT2D eigenvalue weighted by molar-refractivity contribution is -0.136. The molecule has 0 aliphatic carbocycles. The van der Waals surface area contributed by atoms with Gasteiger partial charge in [-0.1, -0.05) is 13.8 Å². The van der Waals surface area contributed by atoms with Gasteiger partial charge in [0.25, 0.3) is 0 Å². The standard InChI is InChI=1S/C9H12N2O2/c1-6(2)8-5-10-7(4-11-8)3-9(12)13/h4-6H,3H2,1-2H3,(H,12,13). The molecule has 0 fully saturated rings. The van der Waals surface area contributed by atoms with Crippen molar-refractivity contribution in [2.75, 3.05) is 0 Å². The second kappa shape index (κ2) is 3.98. The van der Waals surface area contributed by atoms with Gasteiger partial charge in [0.1, 0.15) is 0 Å². The van der Waals surface area contributed by atoms with Crippen LogP contribution in [0.2, 0.25) is 0 Å². The highest BCUT2D eigenvalue weighted by Crippen LogP contribution is 2.09. The number of carboxylic acids is 1. The van der Waals surface area contributed by atoms with Crippen molar-refractivity contribution in [2.45, 2.75) is 26.2 Å². The van der Waals surface area contributed by atoms with Crippen LogP contribution in [0.25, 0.3) is 0 Å². The topological polar surface area (TPSA) is 63.1 Å². The first-order valence-corrected chi connectivity index (χ1v) is 4.12. The SMILES string of the molecule is CC(C)c1cnc(CC(=O)O)cn1. The van der Waals surface area contributed by atoms with Crippen molar-refractivity contribution in [3.05, 3.63) is 23.8 Å². The fourth-order valence-electron chi connectivity index (χ4n) is 0.909. The zero-order valence-corrected chi connectivity index (χ0v) is 7.69. The summed E-state index contributed by atoms with van der Waals surface area (Å²) in [5, 5.41) is 8.48. The molecule has 70 valence electrons. The number of aromatic nitrogens is 2. The van der Waals surface area contributed by atoms with E-state index < -0.39 is 5.97 Å². The molecular weight excluding hydrogens is 168 g/mol. The molecule has 1 N–H and O–H groups in total. The largest absolute Gasteiger partial charge is 0.481 e. The average molecular weight is 180 g/mol. The molecule has 0 radical (unpaired) electrons. The third kappa shape index (κ3) is 2.82. The molecule has 1 aromatic rings. The zero-order valence-electron chi connectivity index (χ0n) is 7.69. The maximum absolute atomic E-state index is 10.3. The first kappa shape index (κ1) is 9.64. The number of carboxylic acid groups (broad SMARTS) is 1. The van der Waals surface area contributed by atoms with Crippen molar-refractivity contribution in [3.63, 3.8) is 0 Å². The molecule has 1 rings (SSSR count). The Bertz CT molecular complexity index is 293. The number of aliphatic carboxylic acids is 1. The highest BCUT2D eigenvalue weighted by molar-refractivity contribution is 5.69. The minimum absolute atomic E-state index is 0.0641. The van der Waals surface area contributed by atoms with Crippen LogP contribution in [0.3, 0.4) is 0 Å². The third-order valence-corrected chi connectivity index (χ3v) is 1.65. The van der Waals surface area contributed by atoms with Crippen LogP contribution < -0.4 is 0 Å².